The zero-order valence-electron chi connectivity index (χ0n) is 12.4. The molecule has 3 nitrogen and oxygen atoms in total. The van der Waals surface area contributed by atoms with E-state index in [0.717, 1.165) is 31.7 Å². The minimum absolute atomic E-state index is 0. The lowest BCUT2D eigenvalue weighted by atomic mass is 9.79. The topological polar surface area (TPSA) is 35.5 Å². The number of nitrogens with one attached hydrogen (secondary N) is 1. The van der Waals surface area contributed by atoms with Crippen LogP contribution in [0.25, 0.3) is 0 Å². The number of hydrogen-bond donors (Lipinski definition) is 2. The SMILES string of the molecule is CC(C)(CO)[C@H](c1ccc(F)c(Cl)c1)N1CCNCC1.Cl. The van der Waals surface area contributed by atoms with Crippen molar-refractivity contribution in [3.05, 3.63) is 34.6 Å². The highest BCUT2D eigenvalue weighted by Gasteiger charge is 2.35. The molecular formula is C15H23Cl2FN2O. The molecule has 1 aliphatic heterocycles. The Morgan fingerprint density at radius 2 is 2.00 bits per heavy atom. The Labute approximate surface area is 136 Å². The van der Waals surface area contributed by atoms with Crippen molar-refractivity contribution in [3.8, 4) is 0 Å². The summed E-state index contributed by atoms with van der Waals surface area (Å²) < 4.78 is 13.4. The van der Waals surface area contributed by atoms with E-state index in [1.807, 2.05) is 13.8 Å². The second kappa shape index (κ2) is 7.75. The summed E-state index contributed by atoms with van der Waals surface area (Å²) in [6.45, 7) is 7.77. The van der Waals surface area contributed by atoms with E-state index in [-0.39, 0.29) is 35.5 Å². The van der Waals surface area contributed by atoms with Crippen molar-refractivity contribution in [2.24, 2.45) is 5.41 Å². The van der Waals surface area contributed by atoms with Gasteiger partial charge in [-0.1, -0.05) is 31.5 Å². The first-order valence-corrected chi connectivity index (χ1v) is 7.34. The summed E-state index contributed by atoms with van der Waals surface area (Å²) in [5.74, 6) is -0.406. The molecule has 1 heterocycles. The van der Waals surface area contributed by atoms with E-state index in [0.29, 0.717) is 0 Å². The summed E-state index contributed by atoms with van der Waals surface area (Å²) in [6, 6.07) is 4.87. The first-order chi connectivity index (χ1) is 9.45. The molecule has 0 saturated carbocycles. The molecule has 1 saturated heterocycles. The number of halogens is 3. The Hall–Kier alpha value is -0.390. The molecule has 1 aromatic carbocycles. The van der Waals surface area contributed by atoms with Gasteiger partial charge in [-0.25, -0.2) is 4.39 Å². The largest absolute Gasteiger partial charge is 0.396 e. The van der Waals surface area contributed by atoms with Crippen LogP contribution >= 0.6 is 24.0 Å². The third kappa shape index (κ3) is 4.30. The predicted octanol–water partition coefficient (Wildman–Crippen LogP) is 2.87. The Balaban J connectivity index is 0.00000220. The standard InChI is InChI=1S/C15H22ClFN2O.ClH/c1-15(2,10-20)14(19-7-5-18-6-8-19)11-3-4-13(17)12(16)9-11;/h3-4,9,14,18,20H,5-8,10H2,1-2H3;1H/t14-;/m0./s1. The van der Waals surface area contributed by atoms with Gasteiger partial charge in [0, 0.05) is 44.2 Å². The zero-order chi connectivity index (χ0) is 14.8. The van der Waals surface area contributed by atoms with Crippen LogP contribution in [0.15, 0.2) is 18.2 Å². The second-order valence-corrected chi connectivity index (χ2v) is 6.42. The smallest absolute Gasteiger partial charge is 0.141 e. The molecule has 6 heteroatoms. The van der Waals surface area contributed by atoms with Crippen molar-refractivity contribution >= 4 is 24.0 Å². The van der Waals surface area contributed by atoms with E-state index >= 15 is 0 Å². The fraction of sp³-hybridized carbons (Fsp3) is 0.600. The quantitative estimate of drug-likeness (QED) is 0.887. The molecule has 0 bridgehead atoms. The van der Waals surface area contributed by atoms with Gasteiger partial charge in [-0.2, -0.15) is 0 Å². The molecule has 0 spiro atoms. The maximum atomic E-state index is 13.4. The molecule has 1 fully saturated rings. The van der Waals surface area contributed by atoms with Crippen LogP contribution in [-0.4, -0.2) is 42.8 Å². The molecule has 2 N–H and O–H groups in total. The van der Waals surface area contributed by atoms with E-state index in [4.69, 9.17) is 11.6 Å². The van der Waals surface area contributed by atoms with Gasteiger partial charge in [-0.15, -0.1) is 12.4 Å². The highest BCUT2D eigenvalue weighted by atomic mass is 35.5. The molecular weight excluding hydrogens is 314 g/mol. The van der Waals surface area contributed by atoms with Gasteiger partial charge < -0.3 is 10.4 Å². The molecule has 0 amide bonds. The fourth-order valence-electron chi connectivity index (χ4n) is 2.87. The van der Waals surface area contributed by atoms with Gasteiger partial charge in [-0.3, -0.25) is 4.90 Å². The molecule has 2 rings (SSSR count). The van der Waals surface area contributed by atoms with Crippen LogP contribution in [0, 0.1) is 11.2 Å². The van der Waals surface area contributed by atoms with Crippen molar-refractivity contribution in [3.63, 3.8) is 0 Å². The van der Waals surface area contributed by atoms with Crippen molar-refractivity contribution in [2.75, 3.05) is 32.8 Å². The normalized spacial score (nSPS) is 18.1. The highest BCUT2D eigenvalue weighted by molar-refractivity contribution is 6.30. The van der Waals surface area contributed by atoms with Crippen LogP contribution in [0.3, 0.4) is 0 Å². The molecule has 0 aliphatic carbocycles. The van der Waals surface area contributed by atoms with Crippen LogP contribution in [0.4, 0.5) is 4.39 Å². The van der Waals surface area contributed by atoms with Gasteiger partial charge in [0.2, 0.25) is 0 Å². The first-order valence-electron chi connectivity index (χ1n) is 6.96. The Morgan fingerprint density at radius 3 is 2.52 bits per heavy atom. The third-order valence-corrected chi connectivity index (χ3v) is 4.21. The summed E-state index contributed by atoms with van der Waals surface area (Å²) in [5, 5.41) is 13.2. The number of rotatable bonds is 4. The van der Waals surface area contributed by atoms with E-state index in [1.165, 1.54) is 6.07 Å². The van der Waals surface area contributed by atoms with E-state index in [2.05, 4.69) is 10.2 Å². The zero-order valence-corrected chi connectivity index (χ0v) is 14.0. The summed E-state index contributed by atoms with van der Waals surface area (Å²) in [4.78, 5) is 2.33. The fourth-order valence-corrected chi connectivity index (χ4v) is 3.05. The second-order valence-electron chi connectivity index (χ2n) is 6.01. The Morgan fingerprint density at radius 1 is 1.38 bits per heavy atom. The van der Waals surface area contributed by atoms with Gasteiger partial charge in [-0.05, 0) is 17.7 Å². The van der Waals surface area contributed by atoms with E-state index < -0.39 is 5.82 Å². The number of hydrogen-bond acceptors (Lipinski definition) is 3. The van der Waals surface area contributed by atoms with Gasteiger partial charge in [0.05, 0.1) is 5.02 Å². The number of piperazine rings is 1. The molecule has 0 unspecified atom stereocenters. The molecule has 1 atom stereocenters. The molecule has 1 aliphatic rings. The molecule has 21 heavy (non-hydrogen) atoms. The van der Waals surface area contributed by atoms with Gasteiger partial charge >= 0.3 is 0 Å². The third-order valence-electron chi connectivity index (χ3n) is 3.92. The van der Waals surface area contributed by atoms with Crippen LogP contribution in [-0.2, 0) is 0 Å². The molecule has 1 aromatic rings. The van der Waals surface area contributed by atoms with Crippen LogP contribution in [0.5, 0.6) is 0 Å². The minimum atomic E-state index is -0.406. The predicted molar refractivity (Wildman–Crippen MR) is 86.7 cm³/mol. The first kappa shape index (κ1) is 18.7. The summed E-state index contributed by atoms with van der Waals surface area (Å²) in [6.07, 6.45) is 0. The summed E-state index contributed by atoms with van der Waals surface area (Å²) >= 11 is 5.92. The van der Waals surface area contributed by atoms with E-state index in [1.54, 1.807) is 12.1 Å². The maximum Gasteiger partial charge on any atom is 0.141 e. The lowest BCUT2D eigenvalue weighted by molar-refractivity contribution is 0.0305. The summed E-state index contributed by atoms with van der Waals surface area (Å²) in [7, 11) is 0. The number of aliphatic hydroxyl groups excluding tert-OH is 1. The van der Waals surface area contributed by atoms with Crippen molar-refractivity contribution < 1.29 is 9.50 Å². The Bertz CT molecular complexity index is 465. The van der Waals surface area contributed by atoms with Gasteiger partial charge in [0.15, 0.2) is 0 Å². The highest BCUT2D eigenvalue weighted by Crippen LogP contribution is 2.39. The van der Waals surface area contributed by atoms with Gasteiger partial charge in [0.1, 0.15) is 5.82 Å². The summed E-state index contributed by atoms with van der Waals surface area (Å²) in [5.41, 5.74) is 0.635. The average molecular weight is 337 g/mol. The monoisotopic (exact) mass is 336 g/mol. The average Bonchev–Trinajstić information content (AvgIpc) is 2.44. The van der Waals surface area contributed by atoms with Gasteiger partial charge in [0.25, 0.3) is 0 Å². The maximum absolute atomic E-state index is 13.4. The van der Waals surface area contributed by atoms with Crippen LogP contribution < -0.4 is 5.32 Å². The molecule has 0 radical (unpaired) electrons. The number of benzene rings is 1. The minimum Gasteiger partial charge on any atom is -0.396 e. The lowest BCUT2D eigenvalue weighted by Crippen LogP contribution is -2.49. The molecule has 0 aromatic heterocycles. The number of aliphatic hydroxyl groups is 1. The van der Waals surface area contributed by atoms with Crippen molar-refractivity contribution in [1.82, 2.24) is 10.2 Å². The lowest BCUT2D eigenvalue weighted by Gasteiger charge is -2.43. The van der Waals surface area contributed by atoms with Crippen molar-refractivity contribution in [2.45, 2.75) is 19.9 Å². The van der Waals surface area contributed by atoms with E-state index in [9.17, 15) is 9.50 Å². The Kier molecular flexibility index (Phi) is 6.88. The molecule has 120 valence electrons. The van der Waals surface area contributed by atoms with Crippen molar-refractivity contribution in [1.29, 1.82) is 0 Å². The van der Waals surface area contributed by atoms with Crippen LogP contribution in [0.2, 0.25) is 5.02 Å². The van der Waals surface area contributed by atoms with Crippen LogP contribution in [0.1, 0.15) is 25.5 Å². The number of nitrogens with zero attached hydrogens (tertiary/aromatic N) is 1.